The summed E-state index contributed by atoms with van der Waals surface area (Å²) in [4.78, 5) is 6.47. The molecule has 1 aromatic heterocycles. The van der Waals surface area contributed by atoms with Crippen molar-refractivity contribution in [2.75, 3.05) is 47.4 Å². The lowest BCUT2D eigenvalue weighted by molar-refractivity contribution is 0.162. The van der Waals surface area contributed by atoms with Crippen molar-refractivity contribution >= 4 is 29.9 Å². The van der Waals surface area contributed by atoms with Gasteiger partial charge in [0.05, 0.1) is 12.3 Å². The lowest BCUT2D eigenvalue weighted by Gasteiger charge is -2.17. The number of likely N-dealkylation sites (N-methyl/N-ethyl adjacent to an activating group) is 1. The Kier molecular flexibility index (Phi) is 11.2. The van der Waals surface area contributed by atoms with Gasteiger partial charge in [0.1, 0.15) is 0 Å². The van der Waals surface area contributed by atoms with Crippen molar-refractivity contribution in [3.8, 4) is 0 Å². The van der Waals surface area contributed by atoms with Crippen molar-refractivity contribution in [3.05, 3.63) is 17.0 Å². The van der Waals surface area contributed by atoms with Crippen LogP contribution < -0.4 is 10.6 Å². The van der Waals surface area contributed by atoms with E-state index < -0.39 is 0 Å². The Bertz CT molecular complexity index is 489. The molecule has 0 saturated heterocycles. The molecule has 0 saturated carbocycles. The van der Waals surface area contributed by atoms with Gasteiger partial charge in [0.15, 0.2) is 5.96 Å². The number of aromatic nitrogens is 2. The van der Waals surface area contributed by atoms with Crippen LogP contribution in [0.25, 0.3) is 0 Å². The minimum Gasteiger partial charge on any atom is -0.383 e. The van der Waals surface area contributed by atoms with Gasteiger partial charge in [-0.05, 0) is 20.9 Å². The molecule has 0 atom stereocenters. The molecule has 8 heteroatoms. The number of ether oxygens (including phenoxy) is 1. The van der Waals surface area contributed by atoms with Crippen LogP contribution in [-0.4, -0.2) is 68.1 Å². The number of nitrogens with zero attached hydrogens (tertiary/aromatic N) is 4. The molecule has 0 aliphatic carbocycles. The Morgan fingerprint density at radius 2 is 2.00 bits per heavy atom. The zero-order chi connectivity index (χ0) is 16.5. The zero-order valence-electron chi connectivity index (χ0n) is 15.1. The Hall–Kier alpha value is -0.870. The molecule has 0 fully saturated rings. The van der Waals surface area contributed by atoms with Gasteiger partial charge in [0.25, 0.3) is 0 Å². The van der Waals surface area contributed by atoms with Gasteiger partial charge in [-0.1, -0.05) is 0 Å². The fraction of sp³-hybridized carbons (Fsp3) is 0.733. The summed E-state index contributed by atoms with van der Waals surface area (Å²) in [6, 6.07) is 0. The maximum absolute atomic E-state index is 5.07. The summed E-state index contributed by atoms with van der Waals surface area (Å²) >= 11 is 0. The van der Waals surface area contributed by atoms with Crippen LogP contribution >= 0.6 is 24.0 Å². The monoisotopic (exact) mass is 438 g/mol. The quantitative estimate of drug-likeness (QED) is 0.359. The SMILES string of the molecule is CN=C(NCCN(C)CCOC)NCc1c(C)nn(C)c1C.I. The van der Waals surface area contributed by atoms with E-state index in [4.69, 9.17) is 4.74 Å². The first kappa shape index (κ1) is 22.1. The molecular weight excluding hydrogens is 407 g/mol. The van der Waals surface area contributed by atoms with E-state index in [1.54, 1.807) is 14.2 Å². The molecule has 7 nitrogen and oxygen atoms in total. The zero-order valence-corrected chi connectivity index (χ0v) is 17.5. The van der Waals surface area contributed by atoms with E-state index in [-0.39, 0.29) is 24.0 Å². The highest BCUT2D eigenvalue weighted by Crippen LogP contribution is 2.10. The van der Waals surface area contributed by atoms with E-state index in [9.17, 15) is 0 Å². The molecule has 0 aliphatic rings. The molecule has 23 heavy (non-hydrogen) atoms. The summed E-state index contributed by atoms with van der Waals surface area (Å²) < 4.78 is 6.98. The molecule has 0 bridgehead atoms. The number of methoxy groups -OCH3 is 1. The fourth-order valence-corrected chi connectivity index (χ4v) is 2.19. The molecule has 0 amide bonds. The molecule has 1 heterocycles. The van der Waals surface area contributed by atoms with Crippen molar-refractivity contribution in [3.63, 3.8) is 0 Å². The summed E-state index contributed by atoms with van der Waals surface area (Å²) in [5.74, 6) is 0.808. The van der Waals surface area contributed by atoms with Gasteiger partial charge in [-0.2, -0.15) is 5.10 Å². The van der Waals surface area contributed by atoms with Crippen LogP contribution in [0.3, 0.4) is 0 Å². The van der Waals surface area contributed by atoms with E-state index in [0.29, 0.717) is 0 Å². The maximum Gasteiger partial charge on any atom is 0.191 e. The second-order valence-corrected chi connectivity index (χ2v) is 5.42. The molecule has 0 unspecified atom stereocenters. The maximum atomic E-state index is 5.07. The molecule has 1 rings (SSSR count). The molecular formula is C15H31IN6O. The third-order valence-electron chi connectivity index (χ3n) is 3.78. The van der Waals surface area contributed by atoms with Crippen LogP contribution in [0.5, 0.6) is 0 Å². The second-order valence-electron chi connectivity index (χ2n) is 5.42. The van der Waals surface area contributed by atoms with Crippen LogP contribution in [0.2, 0.25) is 0 Å². The largest absolute Gasteiger partial charge is 0.383 e. The van der Waals surface area contributed by atoms with Crippen molar-refractivity contribution in [2.45, 2.75) is 20.4 Å². The average Bonchev–Trinajstić information content (AvgIpc) is 2.74. The smallest absolute Gasteiger partial charge is 0.191 e. The predicted molar refractivity (Wildman–Crippen MR) is 106 cm³/mol. The summed E-state index contributed by atoms with van der Waals surface area (Å²) in [5, 5.41) is 11.1. The van der Waals surface area contributed by atoms with Gasteiger partial charge in [-0.25, -0.2) is 0 Å². The van der Waals surface area contributed by atoms with Crippen molar-refractivity contribution in [1.29, 1.82) is 0 Å². The highest BCUT2D eigenvalue weighted by molar-refractivity contribution is 14.0. The molecule has 0 aromatic carbocycles. The Balaban J connectivity index is 0.00000484. The van der Waals surface area contributed by atoms with Crippen molar-refractivity contribution in [1.82, 2.24) is 25.3 Å². The number of halogens is 1. The van der Waals surface area contributed by atoms with Crippen LogP contribution in [0.4, 0.5) is 0 Å². The summed E-state index contributed by atoms with van der Waals surface area (Å²) in [6.45, 7) is 8.30. The number of hydrogen-bond acceptors (Lipinski definition) is 4. The number of aryl methyl sites for hydroxylation is 2. The number of aliphatic imine (C=N–C) groups is 1. The predicted octanol–water partition coefficient (Wildman–Crippen LogP) is 0.898. The first-order valence-corrected chi connectivity index (χ1v) is 7.60. The molecule has 0 aliphatic heterocycles. The Morgan fingerprint density at radius 1 is 1.30 bits per heavy atom. The Labute approximate surface area is 156 Å². The van der Waals surface area contributed by atoms with E-state index >= 15 is 0 Å². The van der Waals surface area contributed by atoms with E-state index in [1.807, 2.05) is 18.7 Å². The van der Waals surface area contributed by atoms with Crippen LogP contribution in [0, 0.1) is 13.8 Å². The van der Waals surface area contributed by atoms with Gasteiger partial charge in [0.2, 0.25) is 0 Å². The first-order valence-electron chi connectivity index (χ1n) is 7.60. The fourth-order valence-electron chi connectivity index (χ4n) is 2.19. The number of hydrogen-bond donors (Lipinski definition) is 2. The van der Waals surface area contributed by atoms with Gasteiger partial charge in [-0.3, -0.25) is 9.67 Å². The van der Waals surface area contributed by atoms with E-state index in [0.717, 1.165) is 44.4 Å². The lowest BCUT2D eigenvalue weighted by atomic mass is 10.2. The lowest BCUT2D eigenvalue weighted by Crippen LogP contribution is -2.41. The normalized spacial score (nSPS) is 11.5. The molecule has 134 valence electrons. The number of rotatable bonds is 8. The van der Waals surface area contributed by atoms with Gasteiger partial charge < -0.3 is 20.3 Å². The van der Waals surface area contributed by atoms with Crippen molar-refractivity contribution in [2.24, 2.45) is 12.0 Å². The minimum absolute atomic E-state index is 0. The summed E-state index contributed by atoms with van der Waals surface area (Å²) in [5.41, 5.74) is 3.46. The summed E-state index contributed by atoms with van der Waals surface area (Å²) in [7, 11) is 7.56. The second kappa shape index (κ2) is 11.6. The molecule has 0 spiro atoms. The Morgan fingerprint density at radius 3 is 2.52 bits per heavy atom. The first-order chi connectivity index (χ1) is 10.5. The summed E-state index contributed by atoms with van der Waals surface area (Å²) in [6.07, 6.45) is 0. The molecule has 0 radical (unpaired) electrons. The average molecular weight is 438 g/mol. The van der Waals surface area contributed by atoms with Crippen LogP contribution in [0.15, 0.2) is 4.99 Å². The molecule has 1 aromatic rings. The number of guanidine groups is 1. The van der Waals surface area contributed by atoms with Gasteiger partial charge >= 0.3 is 0 Å². The van der Waals surface area contributed by atoms with Crippen molar-refractivity contribution < 1.29 is 4.74 Å². The van der Waals surface area contributed by atoms with Gasteiger partial charge in [0, 0.05) is 58.6 Å². The number of nitrogens with one attached hydrogen (secondary N) is 2. The topological polar surface area (TPSA) is 66.7 Å². The minimum atomic E-state index is 0. The van der Waals surface area contributed by atoms with Gasteiger partial charge in [-0.15, -0.1) is 24.0 Å². The standard InChI is InChI=1S/C15H30N6O.HI/c1-12-14(13(2)21(5)19-12)11-18-15(16-3)17-7-8-20(4)9-10-22-6;/h7-11H2,1-6H3,(H2,16,17,18);1H. The third-order valence-corrected chi connectivity index (χ3v) is 3.78. The van der Waals surface area contributed by atoms with Crippen LogP contribution in [0.1, 0.15) is 17.0 Å². The highest BCUT2D eigenvalue weighted by atomic mass is 127. The van der Waals surface area contributed by atoms with E-state index in [1.165, 1.54) is 11.3 Å². The van der Waals surface area contributed by atoms with Crippen LogP contribution in [-0.2, 0) is 18.3 Å². The van der Waals surface area contributed by atoms with E-state index in [2.05, 4.69) is 39.6 Å². The molecule has 2 N–H and O–H groups in total. The highest BCUT2D eigenvalue weighted by Gasteiger charge is 2.09. The third kappa shape index (κ3) is 7.49.